The summed E-state index contributed by atoms with van der Waals surface area (Å²) >= 11 is 0. The monoisotopic (exact) mass is 651 g/mol. The van der Waals surface area contributed by atoms with Crippen molar-refractivity contribution in [1.29, 1.82) is 0 Å². The molecule has 0 spiro atoms. The number of piperazine rings is 2. The molecular weight excluding hydrogens is 580 g/mol. The number of carbonyl (C=O) groups is 1. The minimum Gasteiger partial charge on any atom is -0.343 e. The van der Waals surface area contributed by atoms with E-state index in [4.69, 9.17) is 5.73 Å². The van der Waals surface area contributed by atoms with Crippen LogP contribution in [0.1, 0.15) is 115 Å². The van der Waals surface area contributed by atoms with E-state index in [0.717, 1.165) is 32.4 Å². The Balaban J connectivity index is 0.000000227. The van der Waals surface area contributed by atoms with Gasteiger partial charge in [-0.2, -0.15) is 0 Å². The second kappa shape index (κ2) is 17.9. The second-order valence-corrected chi connectivity index (χ2v) is 16.2. The van der Waals surface area contributed by atoms with Crippen LogP contribution in [0.2, 0.25) is 0 Å². The van der Waals surface area contributed by atoms with Crippen LogP contribution in [-0.4, -0.2) is 126 Å². The maximum absolute atomic E-state index is 13.2. The van der Waals surface area contributed by atoms with E-state index in [1.807, 2.05) is 0 Å². The summed E-state index contributed by atoms with van der Waals surface area (Å²) in [6.07, 6.45) is 13.4. The van der Waals surface area contributed by atoms with E-state index in [-0.39, 0.29) is 0 Å². The smallest absolute Gasteiger partial charge is 0.222 e. The quantitative estimate of drug-likeness (QED) is 0.393. The number of benzene rings is 1. The topological polar surface area (TPSA) is 59.3 Å². The first-order chi connectivity index (χ1) is 22.7. The zero-order valence-corrected chi connectivity index (χ0v) is 30.9. The first-order valence-electron chi connectivity index (χ1n) is 19.8. The molecule has 1 aromatic rings. The van der Waals surface area contributed by atoms with Gasteiger partial charge >= 0.3 is 0 Å². The van der Waals surface area contributed by atoms with Gasteiger partial charge in [0.1, 0.15) is 0 Å². The largest absolute Gasteiger partial charge is 0.343 e. The summed E-state index contributed by atoms with van der Waals surface area (Å²) in [5.41, 5.74) is 9.02. The number of nitrogens with two attached hydrogens (primary N) is 1. The Bertz CT molecular complexity index is 1050. The van der Waals surface area contributed by atoms with E-state index in [1.54, 1.807) is 0 Å². The summed E-state index contributed by atoms with van der Waals surface area (Å²) in [7, 11) is 0. The third-order valence-corrected chi connectivity index (χ3v) is 12.6. The van der Waals surface area contributed by atoms with Crippen LogP contribution in [0.5, 0.6) is 0 Å². The maximum Gasteiger partial charge on any atom is 0.222 e. The number of nitrogens with zero attached hydrogens (tertiary/aromatic N) is 5. The van der Waals surface area contributed by atoms with Crippen molar-refractivity contribution in [2.75, 3.05) is 65.4 Å². The fourth-order valence-corrected chi connectivity index (χ4v) is 9.33. The molecule has 1 aromatic carbocycles. The minimum atomic E-state index is 0.417. The molecule has 1 amide bonds. The van der Waals surface area contributed by atoms with E-state index in [1.165, 1.54) is 115 Å². The molecule has 3 heterocycles. The van der Waals surface area contributed by atoms with E-state index >= 15 is 0 Å². The number of piperidine rings is 1. The molecule has 6 rings (SSSR count). The highest BCUT2D eigenvalue weighted by molar-refractivity contribution is 5.76. The Morgan fingerprint density at radius 2 is 1.15 bits per heavy atom. The van der Waals surface area contributed by atoms with Crippen molar-refractivity contribution < 1.29 is 4.79 Å². The van der Waals surface area contributed by atoms with Crippen LogP contribution in [0.15, 0.2) is 24.3 Å². The summed E-state index contributed by atoms with van der Waals surface area (Å²) in [6.45, 7) is 22.8. The van der Waals surface area contributed by atoms with Gasteiger partial charge in [0, 0.05) is 102 Å². The van der Waals surface area contributed by atoms with Crippen LogP contribution in [0.3, 0.4) is 0 Å². The molecule has 0 radical (unpaired) electrons. The van der Waals surface area contributed by atoms with Crippen LogP contribution in [0.25, 0.3) is 0 Å². The van der Waals surface area contributed by atoms with Crippen LogP contribution in [0, 0.1) is 12.8 Å². The Labute approximate surface area is 288 Å². The van der Waals surface area contributed by atoms with Gasteiger partial charge in [0.25, 0.3) is 0 Å². The SMILES string of the molecule is CC(C)N1CCN([C@H]2CCCC[C@@H]2N)CC1.Cc1ccc(C2CCN(C(=O)C[C@H]3CCCC[C@@H]3N3CCN(C(C)C)CC3)CC2)cc1. The molecule has 3 aliphatic heterocycles. The molecule has 2 N–H and O–H groups in total. The molecule has 2 aliphatic carbocycles. The third-order valence-electron chi connectivity index (χ3n) is 12.6. The molecule has 4 atom stereocenters. The zero-order chi connectivity index (χ0) is 33.3. The molecule has 0 unspecified atom stereocenters. The lowest BCUT2D eigenvalue weighted by Gasteiger charge is -2.45. The van der Waals surface area contributed by atoms with E-state index < -0.39 is 0 Å². The highest BCUT2D eigenvalue weighted by Gasteiger charge is 2.35. The molecule has 0 aromatic heterocycles. The second-order valence-electron chi connectivity index (χ2n) is 16.2. The lowest BCUT2D eigenvalue weighted by atomic mass is 9.80. The van der Waals surface area contributed by atoms with Gasteiger partial charge in [-0.3, -0.25) is 24.4 Å². The number of rotatable bonds is 7. The van der Waals surface area contributed by atoms with Crippen molar-refractivity contribution in [3.63, 3.8) is 0 Å². The molecule has 266 valence electrons. The molecule has 0 bridgehead atoms. The Kier molecular flexibility index (Phi) is 14.0. The number of aryl methyl sites for hydroxylation is 1. The van der Waals surface area contributed by atoms with E-state index in [2.05, 4.69) is 83.4 Å². The van der Waals surface area contributed by atoms with E-state index in [9.17, 15) is 4.79 Å². The molecule has 5 fully saturated rings. The fraction of sp³-hybridized carbons (Fsp3) is 0.825. The molecular formula is C40H70N6O. The maximum atomic E-state index is 13.2. The van der Waals surface area contributed by atoms with Crippen LogP contribution in [0.4, 0.5) is 0 Å². The van der Waals surface area contributed by atoms with Gasteiger partial charge in [0.2, 0.25) is 5.91 Å². The molecule has 5 aliphatic rings. The number of amides is 1. The third kappa shape index (κ3) is 10.3. The summed E-state index contributed by atoms with van der Waals surface area (Å²) in [5.74, 6) is 1.59. The van der Waals surface area contributed by atoms with Crippen molar-refractivity contribution in [2.45, 2.75) is 141 Å². The first-order valence-corrected chi connectivity index (χ1v) is 19.8. The van der Waals surface area contributed by atoms with Gasteiger partial charge in [0.05, 0.1) is 0 Å². The van der Waals surface area contributed by atoms with Gasteiger partial charge in [0.15, 0.2) is 0 Å². The Morgan fingerprint density at radius 1 is 0.660 bits per heavy atom. The summed E-state index contributed by atoms with van der Waals surface area (Å²) < 4.78 is 0. The van der Waals surface area contributed by atoms with E-state index in [0.29, 0.717) is 48.0 Å². The number of hydrogen-bond acceptors (Lipinski definition) is 6. The Morgan fingerprint density at radius 3 is 1.68 bits per heavy atom. The minimum absolute atomic E-state index is 0.417. The molecule has 7 heteroatoms. The number of carbonyl (C=O) groups excluding carboxylic acids is 1. The van der Waals surface area contributed by atoms with Gasteiger partial charge in [-0.1, -0.05) is 55.5 Å². The average molecular weight is 651 g/mol. The lowest BCUT2D eigenvalue weighted by Crippen LogP contribution is -2.57. The van der Waals surface area contributed by atoms with Crippen molar-refractivity contribution in [2.24, 2.45) is 11.7 Å². The van der Waals surface area contributed by atoms with Gasteiger partial charge < -0.3 is 10.6 Å². The lowest BCUT2D eigenvalue weighted by molar-refractivity contribution is -0.134. The molecule has 3 saturated heterocycles. The Hall–Kier alpha value is -1.51. The van der Waals surface area contributed by atoms with Gasteiger partial charge in [-0.15, -0.1) is 0 Å². The average Bonchev–Trinajstić information content (AvgIpc) is 3.09. The first kappa shape index (κ1) is 36.8. The zero-order valence-electron chi connectivity index (χ0n) is 30.9. The van der Waals surface area contributed by atoms with Crippen molar-refractivity contribution in [3.05, 3.63) is 35.4 Å². The highest BCUT2D eigenvalue weighted by atomic mass is 16.2. The molecule has 7 nitrogen and oxygen atoms in total. The fourth-order valence-electron chi connectivity index (χ4n) is 9.33. The van der Waals surface area contributed by atoms with Crippen molar-refractivity contribution in [3.8, 4) is 0 Å². The van der Waals surface area contributed by atoms with Crippen molar-refractivity contribution in [1.82, 2.24) is 24.5 Å². The van der Waals surface area contributed by atoms with Crippen molar-refractivity contribution >= 4 is 5.91 Å². The van der Waals surface area contributed by atoms with Gasteiger partial charge in [-0.05, 0) is 90.5 Å². The molecule has 47 heavy (non-hydrogen) atoms. The molecule has 2 saturated carbocycles. The predicted molar refractivity (Wildman–Crippen MR) is 197 cm³/mol. The highest BCUT2D eigenvalue weighted by Crippen LogP contribution is 2.34. The predicted octanol–water partition coefficient (Wildman–Crippen LogP) is 5.96. The van der Waals surface area contributed by atoms with Crippen LogP contribution in [-0.2, 0) is 4.79 Å². The summed E-state index contributed by atoms with van der Waals surface area (Å²) in [6, 6.07) is 12.1. The standard InChI is InChI=1S/C27H43N3O.C13H27N3/c1-21(2)28-16-18-29(19-17-28)26-7-5-4-6-25(26)20-27(31)30-14-12-24(13-15-30)23-10-8-22(3)9-11-23;1-11(2)15-7-9-16(10-8-15)13-6-4-3-5-12(13)14/h8-11,21,24-26H,4-7,12-20H2,1-3H3;11-13H,3-10,14H2,1-2H3/t25-,26+;12-,13-/m10/s1. The normalized spacial score (nSPS) is 29.6. The summed E-state index contributed by atoms with van der Waals surface area (Å²) in [5, 5.41) is 0. The van der Waals surface area contributed by atoms with Crippen LogP contribution >= 0.6 is 0 Å². The number of likely N-dealkylation sites (tertiary alicyclic amines) is 1. The number of hydrogen-bond donors (Lipinski definition) is 1. The van der Waals surface area contributed by atoms with Crippen LogP contribution < -0.4 is 5.73 Å². The van der Waals surface area contributed by atoms with Gasteiger partial charge in [-0.25, -0.2) is 0 Å². The summed E-state index contributed by atoms with van der Waals surface area (Å²) in [4.78, 5) is 25.9.